The molecule has 4 nitrogen and oxygen atoms in total. The predicted molar refractivity (Wildman–Crippen MR) is 96.0 cm³/mol. The van der Waals surface area contributed by atoms with Crippen LogP contribution in [0.3, 0.4) is 0 Å². The summed E-state index contributed by atoms with van der Waals surface area (Å²) in [4.78, 5) is 17.3. The molecular formula is C20H29FN2O2. The van der Waals surface area contributed by atoms with E-state index in [1.54, 1.807) is 6.07 Å². The molecule has 0 radical (unpaired) electrons. The first-order chi connectivity index (χ1) is 12.1. The average molecular weight is 348 g/mol. The van der Waals surface area contributed by atoms with Crippen LogP contribution in [-0.2, 0) is 9.53 Å². The number of carbonyl (C=O) groups excluding carboxylic acids is 1. The van der Waals surface area contributed by atoms with Gasteiger partial charge in [0.05, 0.1) is 13.2 Å². The largest absolute Gasteiger partial charge is 0.379 e. The lowest BCUT2D eigenvalue weighted by atomic mass is 9.97. The van der Waals surface area contributed by atoms with Crippen molar-refractivity contribution in [1.82, 2.24) is 9.80 Å². The van der Waals surface area contributed by atoms with Gasteiger partial charge in [0.15, 0.2) is 0 Å². The first-order valence-corrected chi connectivity index (χ1v) is 9.43. The molecule has 0 saturated carbocycles. The third kappa shape index (κ3) is 4.39. The van der Waals surface area contributed by atoms with Crippen molar-refractivity contribution in [2.45, 2.75) is 38.6 Å². The van der Waals surface area contributed by atoms with Gasteiger partial charge < -0.3 is 9.64 Å². The van der Waals surface area contributed by atoms with Gasteiger partial charge in [0.25, 0.3) is 0 Å². The normalized spacial score (nSPS) is 26.0. The van der Waals surface area contributed by atoms with E-state index >= 15 is 0 Å². The molecule has 2 saturated heterocycles. The van der Waals surface area contributed by atoms with Crippen LogP contribution in [0.1, 0.15) is 38.2 Å². The fraction of sp³-hybridized carbons (Fsp3) is 0.650. The summed E-state index contributed by atoms with van der Waals surface area (Å²) in [7, 11) is 0. The highest BCUT2D eigenvalue weighted by Gasteiger charge is 2.38. The third-order valence-corrected chi connectivity index (χ3v) is 5.70. The molecule has 0 bridgehead atoms. The molecule has 0 N–H and O–H groups in total. The Morgan fingerprint density at radius 3 is 2.76 bits per heavy atom. The Bertz CT molecular complexity index is 589. The molecular weight excluding hydrogens is 319 g/mol. The maximum Gasteiger partial charge on any atom is 0.223 e. The van der Waals surface area contributed by atoms with Crippen LogP contribution in [0.15, 0.2) is 24.3 Å². The zero-order chi connectivity index (χ0) is 17.8. The maximum atomic E-state index is 13.4. The van der Waals surface area contributed by atoms with Gasteiger partial charge in [-0.15, -0.1) is 0 Å². The summed E-state index contributed by atoms with van der Waals surface area (Å²) in [6.07, 6.45) is 1.53. The van der Waals surface area contributed by atoms with Crippen LogP contribution in [0.25, 0.3) is 0 Å². The number of carbonyl (C=O) groups is 1. The highest BCUT2D eigenvalue weighted by molar-refractivity contribution is 5.77. The van der Waals surface area contributed by atoms with E-state index < -0.39 is 0 Å². The molecule has 0 unspecified atom stereocenters. The number of halogens is 1. The van der Waals surface area contributed by atoms with E-state index in [1.807, 2.05) is 17.9 Å². The first kappa shape index (κ1) is 18.3. The van der Waals surface area contributed by atoms with Crippen molar-refractivity contribution in [1.29, 1.82) is 0 Å². The summed E-state index contributed by atoms with van der Waals surface area (Å²) in [6, 6.07) is 7.03. The van der Waals surface area contributed by atoms with E-state index in [9.17, 15) is 9.18 Å². The number of nitrogens with zero attached hydrogens (tertiary/aromatic N) is 2. The number of likely N-dealkylation sites (tertiary alicyclic amines) is 1. The average Bonchev–Trinajstić information content (AvgIpc) is 3.07. The van der Waals surface area contributed by atoms with E-state index in [2.05, 4.69) is 11.8 Å². The molecule has 1 aromatic rings. The number of hydrogen-bond donors (Lipinski definition) is 0. The van der Waals surface area contributed by atoms with Crippen LogP contribution in [0.2, 0.25) is 0 Å². The zero-order valence-corrected chi connectivity index (χ0v) is 15.3. The number of hydrogen-bond acceptors (Lipinski definition) is 3. The molecule has 1 amide bonds. The summed E-state index contributed by atoms with van der Waals surface area (Å²) >= 11 is 0. The minimum atomic E-state index is -0.239. The maximum absolute atomic E-state index is 13.4. The second-order valence-electron chi connectivity index (χ2n) is 7.34. The summed E-state index contributed by atoms with van der Waals surface area (Å²) in [5, 5.41) is 0. The number of amides is 1. The Labute approximate surface area is 149 Å². The number of ether oxygens (including phenoxy) is 1. The molecule has 3 atom stereocenters. The number of benzene rings is 1. The van der Waals surface area contributed by atoms with Gasteiger partial charge in [-0.3, -0.25) is 9.69 Å². The SMILES string of the molecule is CC[C@@H]1CN(C(=O)C[C@@H](C)c2cccc(F)c2)C[C@H]1N1CCOCC1. The smallest absolute Gasteiger partial charge is 0.223 e. The van der Waals surface area contributed by atoms with Crippen LogP contribution < -0.4 is 0 Å². The monoisotopic (exact) mass is 348 g/mol. The Morgan fingerprint density at radius 1 is 1.32 bits per heavy atom. The minimum absolute atomic E-state index is 0.0331. The second kappa shape index (κ2) is 8.28. The molecule has 2 aliphatic rings. The predicted octanol–water partition coefficient (Wildman–Crippen LogP) is 2.89. The highest BCUT2D eigenvalue weighted by Crippen LogP contribution is 2.28. The molecule has 138 valence electrons. The van der Waals surface area contributed by atoms with Crippen molar-refractivity contribution in [3.63, 3.8) is 0 Å². The van der Waals surface area contributed by atoms with Crippen molar-refractivity contribution in [2.75, 3.05) is 39.4 Å². The molecule has 2 fully saturated rings. The number of rotatable bonds is 5. The molecule has 3 rings (SSSR count). The number of morpholine rings is 1. The Kier molecular flexibility index (Phi) is 6.07. The van der Waals surface area contributed by atoms with Crippen molar-refractivity contribution in [3.8, 4) is 0 Å². The van der Waals surface area contributed by atoms with E-state index in [0.29, 0.717) is 18.4 Å². The molecule has 0 spiro atoms. The van der Waals surface area contributed by atoms with E-state index in [-0.39, 0.29) is 17.6 Å². The van der Waals surface area contributed by atoms with Gasteiger partial charge in [0, 0.05) is 38.6 Å². The van der Waals surface area contributed by atoms with Crippen LogP contribution >= 0.6 is 0 Å². The molecule has 1 aromatic carbocycles. The van der Waals surface area contributed by atoms with Gasteiger partial charge in [0.1, 0.15) is 5.82 Å². The van der Waals surface area contributed by atoms with Crippen LogP contribution in [0, 0.1) is 11.7 Å². The minimum Gasteiger partial charge on any atom is -0.379 e. The molecule has 0 aromatic heterocycles. The summed E-state index contributed by atoms with van der Waals surface area (Å²) in [5.41, 5.74) is 0.893. The van der Waals surface area contributed by atoms with Crippen molar-refractivity contribution in [3.05, 3.63) is 35.6 Å². The lowest BCUT2D eigenvalue weighted by Gasteiger charge is -2.34. The van der Waals surface area contributed by atoms with Crippen LogP contribution in [0.4, 0.5) is 4.39 Å². The fourth-order valence-electron chi connectivity index (χ4n) is 4.10. The van der Waals surface area contributed by atoms with E-state index in [4.69, 9.17) is 4.74 Å². The first-order valence-electron chi connectivity index (χ1n) is 9.43. The molecule has 0 aliphatic carbocycles. The summed E-state index contributed by atoms with van der Waals surface area (Å²) < 4.78 is 18.9. The lowest BCUT2D eigenvalue weighted by Crippen LogP contribution is -2.47. The molecule has 25 heavy (non-hydrogen) atoms. The van der Waals surface area contributed by atoms with Gasteiger partial charge in [0.2, 0.25) is 5.91 Å². The van der Waals surface area contributed by atoms with Crippen LogP contribution in [0.5, 0.6) is 0 Å². The topological polar surface area (TPSA) is 32.8 Å². The van der Waals surface area contributed by atoms with E-state index in [0.717, 1.165) is 51.4 Å². The molecule has 5 heteroatoms. The quantitative estimate of drug-likeness (QED) is 0.820. The van der Waals surface area contributed by atoms with Gasteiger partial charge in [-0.1, -0.05) is 32.4 Å². The Balaban J connectivity index is 1.60. The fourth-order valence-corrected chi connectivity index (χ4v) is 4.10. The third-order valence-electron chi connectivity index (χ3n) is 5.70. The standard InChI is InChI=1S/C20H29FN2O2/c1-3-16-13-23(14-19(16)22-7-9-25-10-8-22)20(24)11-15(2)17-5-4-6-18(21)12-17/h4-6,12,15-16,19H,3,7-11,13-14H2,1-2H3/t15-,16-,19-/m1/s1. The molecule has 2 aliphatic heterocycles. The highest BCUT2D eigenvalue weighted by atomic mass is 19.1. The van der Waals surface area contributed by atoms with Crippen LogP contribution in [-0.4, -0.2) is 61.1 Å². The van der Waals surface area contributed by atoms with Crippen molar-refractivity contribution in [2.24, 2.45) is 5.92 Å². The van der Waals surface area contributed by atoms with E-state index in [1.165, 1.54) is 12.1 Å². The summed E-state index contributed by atoms with van der Waals surface area (Å²) in [6.45, 7) is 9.36. The lowest BCUT2D eigenvalue weighted by molar-refractivity contribution is -0.130. The van der Waals surface area contributed by atoms with Gasteiger partial charge >= 0.3 is 0 Å². The van der Waals surface area contributed by atoms with Gasteiger partial charge in [-0.05, 0) is 29.5 Å². The Hall–Kier alpha value is -1.46. The van der Waals surface area contributed by atoms with Gasteiger partial charge in [-0.2, -0.15) is 0 Å². The van der Waals surface area contributed by atoms with Crippen molar-refractivity contribution < 1.29 is 13.9 Å². The van der Waals surface area contributed by atoms with Crippen molar-refractivity contribution >= 4 is 5.91 Å². The second-order valence-corrected chi connectivity index (χ2v) is 7.34. The summed E-state index contributed by atoms with van der Waals surface area (Å²) in [5.74, 6) is 0.514. The zero-order valence-electron chi connectivity index (χ0n) is 15.3. The Morgan fingerprint density at radius 2 is 2.08 bits per heavy atom. The molecule has 2 heterocycles. The van der Waals surface area contributed by atoms with Gasteiger partial charge in [-0.25, -0.2) is 4.39 Å².